The molecule has 1 unspecified atom stereocenters. The quantitative estimate of drug-likeness (QED) is 0.594. The van der Waals surface area contributed by atoms with Crippen molar-refractivity contribution >= 4 is 29.4 Å². The van der Waals surface area contributed by atoms with Crippen molar-refractivity contribution in [2.75, 3.05) is 27.2 Å². The average Bonchev–Trinajstić information content (AvgIpc) is 2.89. The number of hydrogen-bond donors (Lipinski definition) is 2. The summed E-state index contributed by atoms with van der Waals surface area (Å²) >= 11 is 5.98. The number of hydrogen-bond acceptors (Lipinski definition) is 5. The van der Waals surface area contributed by atoms with E-state index in [4.69, 9.17) is 21.8 Å². The van der Waals surface area contributed by atoms with Gasteiger partial charge in [-0.3, -0.25) is 9.78 Å². The van der Waals surface area contributed by atoms with Crippen LogP contribution in [0.1, 0.15) is 28.0 Å². The van der Waals surface area contributed by atoms with Gasteiger partial charge in [0.15, 0.2) is 0 Å². The van der Waals surface area contributed by atoms with E-state index in [1.807, 2.05) is 41.3 Å². The summed E-state index contributed by atoms with van der Waals surface area (Å²) in [5, 5.41) is 16.3. The Morgan fingerprint density at radius 2 is 1.79 bits per heavy atom. The number of carboxylic acids is 2. The van der Waals surface area contributed by atoms with Gasteiger partial charge in [0.05, 0.1) is 11.3 Å². The summed E-state index contributed by atoms with van der Waals surface area (Å²) in [6.45, 7) is 2.37. The molecule has 0 saturated carbocycles. The summed E-state index contributed by atoms with van der Waals surface area (Å²) in [6, 6.07) is 11.5. The number of rotatable bonds is 7. The normalized spacial score (nSPS) is 15.6. The molecule has 1 aliphatic rings. The number of benzene rings is 1. The molecular formula is C24H28ClN3O5. The van der Waals surface area contributed by atoms with Crippen LogP contribution >= 0.6 is 11.6 Å². The minimum Gasteiger partial charge on any atom is -0.478 e. The zero-order valence-electron chi connectivity index (χ0n) is 18.6. The largest absolute Gasteiger partial charge is 0.478 e. The van der Waals surface area contributed by atoms with Crippen LogP contribution in [0.3, 0.4) is 0 Å². The first-order valence-electron chi connectivity index (χ1n) is 10.4. The van der Waals surface area contributed by atoms with E-state index >= 15 is 0 Å². The van der Waals surface area contributed by atoms with Gasteiger partial charge < -0.3 is 20.0 Å². The van der Waals surface area contributed by atoms with Crippen LogP contribution in [0.2, 0.25) is 5.02 Å². The molecule has 0 fully saturated rings. The second-order valence-corrected chi connectivity index (χ2v) is 8.42. The van der Waals surface area contributed by atoms with E-state index in [2.05, 4.69) is 24.0 Å². The van der Waals surface area contributed by atoms with E-state index in [0.29, 0.717) is 29.6 Å². The summed E-state index contributed by atoms with van der Waals surface area (Å²) in [4.78, 5) is 40.8. The number of carbonyl (C=O) groups excluding carboxylic acids is 1. The lowest BCUT2D eigenvalue weighted by molar-refractivity contribution is -0.134. The van der Waals surface area contributed by atoms with Crippen molar-refractivity contribution in [2.45, 2.75) is 19.4 Å². The lowest BCUT2D eigenvalue weighted by Gasteiger charge is -2.25. The molecular weight excluding hydrogens is 446 g/mol. The fourth-order valence-electron chi connectivity index (χ4n) is 3.42. The number of aromatic nitrogens is 1. The van der Waals surface area contributed by atoms with Gasteiger partial charge >= 0.3 is 11.9 Å². The highest BCUT2D eigenvalue weighted by molar-refractivity contribution is 6.30. The predicted octanol–water partition coefficient (Wildman–Crippen LogP) is 3.21. The topological polar surface area (TPSA) is 111 Å². The first-order chi connectivity index (χ1) is 15.7. The van der Waals surface area contributed by atoms with E-state index in [-0.39, 0.29) is 5.91 Å². The molecule has 2 aromatic rings. The highest BCUT2D eigenvalue weighted by Crippen LogP contribution is 2.24. The second kappa shape index (κ2) is 12.7. The first-order valence-corrected chi connectivity index (χ1v) is 10.8. The highest BCUT2D eigenvalue weighted by atomic mass is 35.5. The van der Waals surface area contributed by atoms with Gasteiger partial charge in [0.25, 0.3) is 5.91 Å². The maximum absolute atomic E-state index is 13.0. The lowest BCUT2D eigenvalue weighted by Crippen LogP contribution is -2.34. The molecule has 1 aromatic heterocycles. The van der Waals surface area contributed by atoms with E-state index in [9.17, 15) is 14.4 Å². The summed E-state index contributed by atoms with van der Waals surface area (Å²) in [6.07, 6.45) is 4.80. The zero-order chi connectivity index (χ0) is 24.4. The van der Waals surface area contributed by atoms with Crippen LogP contribution in [0.5, 0.6) is 0 Å². The molecule has 0 radical (unpaired) electrons. The van der Waals surface area contributed by atoms with Crippen LogP contribution < -0.4 is 0 Å². The van der Waals surface area contributed by atoms with E-state index in [1.165, 1.54) is 0 Å². The molecule has 2 N–H and O–H groups in total. The van der Waals surface area contributed by atoms with E-state index in [1.54, 1.807) is 6.20 Å². The summed E-state index contributed by atoms with van der Waals surface area (Å²) in [5.74, 6) is -2.03. The highest BCUT2D eigenvalue weighted by Gasteiger charge is 2.28. The third-order valence-corrected chi connectivity index (χ3v) is 5.26. The molecule has 33 heavy (non-hydrogen) atoms. The molecule has 0 aliphatic carbocycles. The van der Waals surface area contributed by atoms with E-state index < -0.39 is 11.9 Å². The Kier molecular flexibility index (Phi) is 10.0. The molecule has 8 nitrogen and oxygen atoms in total. The SMILES string of the molecule is CN(C)CCC1Cc2ncccc2C(=O)N(Cc2ccc(Cl)cc2)C1.O=C(O)C=CC(=O)O. The maximum Gasteiger partial charge on any atom is 0.328 e. The van der Waals surface area contributed by atoms with Crippen LogP contribution in [0.4, 0.5) is 0 Å². The van der Waals surface area contributed by atoms with Gasteiger partial charge in [-0.15, -0.1) is 0 Å². The summed E-state index contributed by atoms with van der Waals surface area (Å²) in [7, 11) is 4.17. The van der Waals surface area contributed by atoms with Crippen molar-refractivity contribution in [1.29, 1.82) is 0 Å². The Hall–Kier alpha value is -3.23. The fraction of sp³-hybridized carbons (Fsp3) is 0.333. The Morgan fingerprint density at radius 3 is 2.36 bits per heavy atom. The van der Waals surface area contributed by atoms with Crippen LogP contribution in [-0.4, -0.2) is 70.0 Å². The minimum atomic E-state index is -1.26. The molecule has 2 heterocycles. The summed E-state index contributed by atoms with van der Waals surface area (Å²) < 4.78 is 0. The molecule has 176 valence electrons. The number of pyridine rings is 1. The summed E-state index contributed by atoms with van der Waals surface area (Å²) in [5.41, 5.74) is 2.76. The maximum atomic E-state index is 13.0. The monoisotopic (exact) mass is 473 g/mol. The number of amides is 1. The van der Waals surface area contributed by atoms with Crippen molar-refractivity contribution in [3.05, 3.63) is 76.6 Å². The van der Waals surface area contributed by atoms with Gasteiger partial charge in [0.2, 0.25) is 0 Å². The molecule has 0 spiro atoms. The number of carbonyl (C=O) groups is 3. The van der Waals surface area contributed by atoms with Crippen LogP contribution in [-0.2, 0) is 22.6 Å². The zero-order valence-corrected chi connectivity index (χ0v) is 19.4. The van der Waals surface area contributed by atoms with Crippen molar-refractivity contribution in [2.24, 2.45) is 5.92 Å². The molecule has 1 aromatic carbocycles. The number of carboxylic acid groups (broad SMARTS) is 2. The molecule has 1 amide bonds. The minimum absolute atomic E-state index is 0.0744. The van der Waals surface area contributed by atoms with Gasteiger partial charge in [-0.25, -0.2) is 9.59 Å². The fourth-order valence-corrected chi connectivity index (χ4v) is 3.55. The number of halogens is 1. The second-order valence-electron chi connectivity index (χ2n) is 7.98. The van der Waals surface area contributed by atoms with Gasteiger partial charge in [-0.1, -0.05) is 23.7 Å². The van der Waals surface area contributed by atoms with Crippen molar-refractivity contribution < 1.29 is 24.6 Å². The Labute approximate surface area is 198 Å². The predicted molar refractivity (Wildman–Crippen MR) is 125 cm³/mol. The Morgan fingerprint density at radius 1 is 1.15 bits per heavy atom. The van der Waals surface area contributed by atoms with Gasteiger partial charge in [0.1, 0.15) is 0 Å². The smallest absolute Gasteiger partial charge is 0.328 e. The molecule has 3 rings (SSSR count). The van der Waals surface area contributed by atoms with Gasteiger partial charge in [-0.2, -0.15) is 0 Å². The molecule has 1 atom stereocenters. The number of fused-ring (bicyclic) bond motifs is 1. The Balaban J connectivity index is 0.000000414. The average molecular weight is 474 g/mol. The molecule has 1 aliphatic heterocycles. The van der Waals surface area contributed by atoms with Crippen LogP contribution in [0.15, 0.2) is 54.7 Å². The Bertz CT molecular complexity index is 976. The van der Waals surface area contributed by atoms with Gasteiger partial charge in [-0.05, 0) is 69.2 Å². The van der Waals surface area contributed by atoms with Gasteiger partial charge in [0, 0.05) is 36.5 Å². The first kappa shape index (κ1) is 26.0. The lowest BCUT2D eigenvalue weighted by atomic mass is 9.98. The standard InChI is InChI=1S/C20H24ClN3O.C4H4O4/c1-23(2)11-9-16-12-19-18(4-3-10-22-19)20(25)24(14-16)13-15-5-7-17(21)8-6-15;5-3(6)1-2-4(7)8/h3-8,10,16H,9,11-14H2,1-2H3;1-2H,(H,5,6)(H,7,8). The van der Waals surface area contributed by atoms with E-state index in [0.717, 1.165) is 42.8 Å². The third-order valence-electron chi connectivity index (χ3n) is 5.01. The molecule has 9 heteroatoms. The van der Waals surface area contributed by atoms with Crippen molar-refractivity contribution in [1.82, 2.24) is 14.8 Å². The third kappa shape index (κ3) is 9.03. The molecule has 0 bridgehead atoms. The van der Waals surface area contributed by atoms with Crippen LogP contribution in [0, 0.1) is 5.92 Å². The van der Waals surface area contributed by atoms with Crippen molar-refractivity contribution in [3.63, 3.8) is 0 Å². The number of nitrogens with zero attached hydrogens (tertiary/aromatic N) is 3. The van der Waals surface area contributed by atoms with Crippen molar-refractivity contribution in [3.8, 4) is 0 Å². The van der Waals surface area contributed by atoms with Crippen LogP contribution in [0.25, 0.3) is 0 Å². The number of aliphatic carboxylic acids is 2. The molecule has 0 saturated heterocycles.